The van der Waals surface area contributed by atoms with E-state index in [0.29, 0.717) is 37.5 Å². The highest BCUT2D eigenvalue weighted by Crippen LogP contribution is 2.28. The largest absolute Gasteiger partial charge is 0.473 e. The van der Waals surface area contributed by atoms with Crippen LogP contribution >= 0.6 is 11.6 Å². The lowest BCUT2D eigenvalue weighted by Crippen LogP contribution is -2.36. The molecule has 1 aromatic rings. The summed E-state index contributed by atoms with van der Waals surface area (Å²) in [5.41, 5.74) is 0.856. The van der Waals surface area contributed by atoms with Gasteiger partial charge in [-0.05, 0) is 0 Å². The van der Waals surface area contributed by atoms with Gasteiger partial charge in [-0.3, -0.25) is 0 Å². The molecule has 1 saturated heterocycles. The molecule has 0 aliphatic carbocycles. The Balaban J connectivity index is 2.11. The van der Waals surface area contributed by atoms with E-state index in [1.807, 2.05) is 0 Å². The highest BCUT2D eigenvalue weighted by Gasteiger charge is 2.18. The molecule has 1 aliphatic heterocycles. The molecule has 1 aromatic heterocycles. The average molecular weight is 274 g/mol. The number of hydrogen-bond donors (Lipinski definition) is 0. The molecule has 0 aromatic carbocycles. The first-order valence-electron chi connectivity index (χ1n) is 5.79. The van der Waals surface area contributed by atoms with Crippen LogP contribution in [-0.2, 0) is 9.47 Å². The molecule has 2 heterocycles. The van der Waals surface area contributed by atoms with Gasteiger partial charge in [0.15, 0.2) is 5.15 Å². The number of rotatable bonds is 5. The van der Waals surface area contributed by atoms with Crippen LogP contribution in [0.1, 0.15) is 0 Å². The molecular formula is C11H16ClN3O3. The number of ether oxygens (including phenoxy) is 3. The van der Waals surface area contributed by atoms with Crippen molar-refractivity contribution < 1.29 is 14.2 Å². The van der Waals surface area contributed by atoms with Gasteiger partial charge in [0.25, 0.3) is 5.88 Å². The van der Waals surface area contributed by atoms with Crippen molar-refractivity contribution in [3.05, 3.63) is 11.2 Å². The third-order valence-corrected chi connectivity index (χ3v) is 2.77. The normalized spacial score (nSPS) is 15.8. The van der Waals surface area contributed by atoms with E-state index in [9.17, 15) is 0 Å². The zero-order valence-corrected chi connectivity index (χ0v) is 11.0. The van der Waals surface area contributed by atoms with Crippen molar-refractivity contribution in [3.63, 3.8) is 0 Å². The Kier molecular flexibility index (Phi) is 4.98. The highest BCUT2D eigenvalue weighted by atomic mass is 35.5. The van der Waals surface area contributed by atoms with E-state index in [1.165, 1.54) is 0 Å². The average Bonchev–Trinajstić information content (AvgIpc) is 2.41. The zero-order chi connectivity index (χ0) is 12.8. The second-order valence-corrected chi connectivity index (χ2v) is 4.19. The molecule has 0 saturated carbocycles. The fourth-order valence-electron chi connectivity index (χ4n) is 1.70. The summed E-state index contributed by atoms with van der Waals surface area (Å²) in [6, 6.07) is 1.77. The molecule has 0 atom stereocenters. The van der Waals surface area contributed by atoms with Gasteiger partial charge in [0.1, 0.15) is 12.3 Å². The summed E-state index contributed by atoms with van der Waals surface area (Å²) >= 11 is 5.89. The monoisotopic (exact) mass is 273 g/mol. The van der Waals surface area contributed by atoms with Crippen LogP contribution in [0.2, 0.25) is 5.15 Å². The summed E-state index contributed by atoms with van der Waals surface area (Å²) in [4.78, 5) is 2.13. The van der Waals surface area contributed by atoms with E-state index in [2.05, 4.69) is 15.1 Å². The fraction of sp³-hybridized carbons (Fsp3) is 0.636. The smallest absolute Gasteiger partial charge is 0.257 e. The molecule has 0 unspecified atom stereocenters. The van der Waals surface area contributed by atoms with Gasteiger partial charge in [0.05, 0.1) is 19.8 Å². The quantitative estimate of drug-likeness (QED) is 0.746. The standard InChI is InChI=1S/C11H16ClN3O3/c1-16-6-7-18-11-9(8-10(12)13-14-11)15-2-4-17-5-3-15/h8H,2-7H2,1H3. The van der Waals surface area contributed by atoms with Gasteiger partial charge in [0, 0.05) is 26.3 Å². The number of nitrogens with zero attached hydrogens (tertiary/aromatic N) is 3. The van der Waals surface area contributed by atoms with Gasteiger partial charge in [-0.1, -0.05) is 11.6 Å². The van der Waals surface area contributed by atoms with E-state index >= 15 is 0 Å². The van der Waals surface area contributed by atoms with Gasteiger partial charge in [-0.25, -0.2) is 0 Å². The molecule has 100 valence electrons. The van der Waals surface area contributed by atoms with Crippen LogP contribution in [-0.4, -0.2) is 56.8 Å². The second kappa shape index (κ2) is 6.72. The molecule has 0 amide bonds. The van der Waals surface area contributed by atoms with Crippen molar-refractivity contribution in [3.8, 4) is 5.88 Å². The minimum Gasteiger partial charge on any atom is -0.473 e. The van der Waals surface area contributed by atoms with Gasteiger partial charge in [0.2, 0.25) is 0 Å². The van der Waals surface area contributed by atoms with E-state index < -0.39 is 0 Å². The fourth-order valence-corrected chi connectivity index (χ4v) is 1.84. The number of anilines is 1. The third kappa shape index (κ3) is 3.44. The SMILES string of the molecule is COCCOc1nnc(Cl)cc1N1CCOCC1. The van der Waals surface area contributed by atoms with E-state index in [0.717, 1.165) is 18.8 Å². The number of morpholine rings is 1. The lowest BCUT2D eigenvalue weighted by molar-refractivity contribution is 0.121. The van der Waals surface area contributed by atoms with Crippen LogP contribution in [0.4, 0.5) is 5.69 Å². The number of halogens is 1. The summed E-state index contributed by atoms with van der Waals surface area (Å²) < 4.78 is 15.8. The lowest BCUT2D eigenvalue weighted by atomic mass is 10.3. The minimum absolute atomic E-state index is 0.357. The van der Waals surface area contributed by atoms with Gasteiger partial charge in [-0.2, -0.15) is 0 Å². The molecule has 18 heavy (non-hydrogen) atoms. The Morgan fingerprint density at radius 2 is 2.11 bits per heavy atom. The maximum atomic E-state index is 5.89. The summed E-state index contributed by atoms with van der Waals surface area (Å²) in [6.45, 7) is 3.91. The molecule has 0 bridgehead atoms. The van der Waals surface area contributed by atoms with Crippen molar-refractivity contribution >= 4 is 17.3 Å². The van der Waals surface area contributed by atoms with Crippen molar-refractivity contribution in [1.82, 2.24) is 10.2 Å². The Hall–Kier alpha value is -1.11. The number of aromatic nitrogens is 2. The van der Waals surface area contributed by atoms with Crippen molar-refractivity contribution in [2.75, 3.05) is 51.5 Å². The highest BCUT2D eigenvalue weighted by molar-refractivity contribution is 6.29. The van der Waals surface area contributed by atoms with E-state index in [1.54, 1.807) is 13.2 Å². The Morgan fingerprint density at radius 3 is 2.83 bits per heavy atom. The van der Waals surface area contributed by atoms with Crippen LogP contribution in [0.25, 0.3) is 0 Å². The van der Waals surface area contributed by atoms with Crippen molar-refractivity contribution in [2.24, 2.45) is 0 Å². The maximum Gasteiger partial charge on any atom is 0.257 e. The summed E-state index contributed by atoms with van der Waals surface area (Å²) in [7, 11) is 1.62. The second-order valence-electron chi connectivity index (χ2n) is 3.80. The third-order valence-electron chi connectivity index (χ3n) is 2.59. The summed E-state index contributed by atoms with van der Waals surface area (Å²) in [5.74, 6) is 0.485. The molecule has 0 spiro atoms. The molecule has 0 N–H and O–H groups in total. The predicted molar refractivity (Wildman–Crippen MR) is 67.4 cm³/mol. The molecule has 0 radical (unpaired) electrons. The Bertz CT molecular complexity index is 386. The molecular weight excluding hydrogens is 258 g/mol. The summed E-state index contributed by atoms with van der Waals surface area (Å²) in [6.07, 6.45) is 0. The molecule has 1 aliphatic rings. The Labute approximate surface area is 111 Å². The van der Waals surface area contributed by atoms with Crippen LogP contribution in [0.5, 0.6) is 5.88 Å². The number of hydrogen-bond acceptors (Lipinski definition) is 6. The first-order chi connectivity index (χ1) is 8.81. The van der Waals surface area contributed by atoms with Crippen LogP contribution < -0.4 is 9.64 Å². The van der Waals surface area contributed by atoms with Crippen LogP contribution in [0.15, 0.2) is 6.07 Å². The topological polar surface area (TPSA) is 56.7 Å². The zero-order valence-electron chi connectivity index (χ0n) is 10.3. The first-order valence-corrected chi connectivity index (χ1v) is 6.16. The molecule has 1 fully saturated rings. The molecule has 7 heteroatoms. The first kappa shape index (κ1) is 13.3. The van der Waals surface area contributed by atoms with Crippen LogP contribution in [0.3, 0.4) is 0 Å². The van der Waals surface area contributed by atoms with Crippen molar-refractivity contribution in [1.29, 1.82) is 0 Å². The van der Waals surface area contributed by atoms with Gasteiger partial charge >= 0.3 is 0 Å². The van der Waals surface area contributed by atoms with Crippen molar-refractivity contribution in [2.45, 2.75) is 0 Å². The number of methoxy groups -OCH3 is 1. The lowest BCUT2D eigenvalue weighted by Gasteiger charge is -2.29. The van der Waals surface area contributed by atoms with Gasteiger partial charge < -0.3 is 19.1 Å². The van der Waals surface area contributed by atoms with Gasteiger partial charge in [-0.15, -0.1) is 10.2 Å². The van der Waals surface area contributed by atoms with Crippen LogP contribution in [0, 0.1) is 0 Å². The van der Waals surface area contributed by atoms with E-state index in [-0.39, 0.29) is 0 Å². The molecule has 6 nitrogen and oxygen atoms in total. The molecule has 2 rings (SSSR count). The minimum atomic E-state index is 0.357. The Morgan fingerprint density at radius 1 is 1.33 bits per heavy atom. The predicted octanol–water partition coefficient (Wildman–Crippen LogP) is 0.992. The maximum absolute atomic E-state index is 5.89. The summed E-state index contributed by atoms with van der Waals surface area (Å²) in [5, 5.41) is 8.15. The van der Waals surface area contributed by atoms with E-state index in [4.69, 9.17) is 25.8 Å².